The predicted molar refractivity (Wildman–Crippen MR) is 121 cm³/mol. The highest BCUT2D eigenvalue weighted by atomic mass is 19.1. The highest BCUT2D eigenvalue weighted by molar-refractivity contribution is 6.37. The van der Waals surface area contributed by atoms with E-state index in [1.807, 2.05) is 0 Å². The SMILES string of the molecule is O=C1C2C(c3ccc([N+](=O)[O-])cc3)OC3(C(=O)c4ccccc4C3=O)C2C(=O)N1c1ccccc1F. The lowest BCUT2D eigenvalue weighted by Gasteiger charge is -2.27. The maximum Gasteiger partial charge on any atom is 0.269 e. The zero-order chi connectivity index (χ0) is 25.4. The molecule has 1 aliphatic carbocycles. The maximum atomic E-state index is 14.7. The highest BCUT2D eigenvalue weighted by Gasteiger charge is 2.74. The molecule has 2 aliphatic heterocycles. The number of fused-ring (bicyclic) bond motifs is 3. The largest absolute Gasteiger partial charge is 0.349 e. The van der Waals surface area contributed by atoms with Crippen molar-refractivity contribution in [2.75, 3.05) is 4.90 Å². The van der Waals surface area contributed by atoms with Gasteiger partial charge in [0.05, 0.1) is 28.6 Å². The van der Waals surface area contributed by atoms with E-state index < -0.39 is 57.7 Å². The van der Waals surface area contributed by atoms with Crippen LogP contribution >= 0.6 is 0 Å². The second-order valence-electron chi connectivity index (χ2n) is 8.79. The molecule has 2 heterocycles. The highest BCUT2D eigenvalue weighted by Crippen LogP contribution is 2.57. The first kappa shape index (κ1) is 21.9. The zero-order valence-electron chi connectivity index (χ0n) is 18.3. The zero-order valence-corrected chi connectivity index (χ0v) is 18.3. The van der Waals surface area contributed by atoms with E-state index in [0.29, 0.717) is 4.90 Å². The summed E-state index contributed by atoms with van der Waals surface area (Å²) >= 11 is 0. The number of Topliss-reactive ketones (excluding diaryl/α,β-unsaturated/α-hetero) is 2. The first-order valence-electron chi connectivity index (χ1n) is 11.0. The lowest BCUT2D eigenvalue weighted by Crippen LogP contribution is -2.51. The van der Waals surface area contributed by atoms with E-state index in [9.17, 15) is 33.7 Å². The molecule has 10 heteroatoms. The third kappa shape index (κ3) is 2.67. The Morgan fingerprint density at radius 2 is 1.42 bits per heavy atom. The Morgan fingerprint density at radius 3 is 2.00 bits per heavy atom. The standard InChI is InChI=1S/C26H15FN2O7/c27-17-7-3-4-8-18(17)28-24(32)19-20(25(28)33)26(22(30)15-5-1-2-6-16(15)23(26)31)36-21(19)13-9-11-14(12-10-13)29(34)35/h1-12,19-21H. The number of ketones is 2. The van der Waals surface area contributed by atoms with Crippen molar-refractivity contribution >= 4 is 34.8 Å². The minimum atomic E-state index is -2.31. The third-order valence-electron chi connectivity index (χ3n) is 7.04. The van der Waals surface area contributed by atoms with Gasteiger partial charge in [0, 0.05) is 23.3 Å². The smallest absolute Gasteiger partial charge is 0.269 e. The summed E-state index contributed by atoms with van der Waals surface area (Å²) < 4.78 is 20.8. The molecule has 2 fully saturated rings. The number of non-ortho nitro benzene ring substituents is 1. The van der Waals surface area contributed by atoms with E-state index in [-0.39, 0.29) is 28.1 Å². The van der Waals surface area contributed by atoms with Crippen LogP contribution in [0.3, 0.4) is 0 Å². The van der Waals surface area contributed by atoms with Crippen LogP contribution in [-0.2, 0) is 14.3 Å². The Morgan fingerprint density at radius 1 is 0.833 bits per heavy atom. The number of nitro groups is 1. The lowest BCUT2D eigenvalue weighted by atomic mass is 9.77. The van der Waals surface area contributed by atoms with Crippen molar-refractivity contribution in [1.82, 2.24) is 0 Å². The van der Waals surface area contributed by atoms with Crippen LogP contribution in [0.2, 0.25) is 0 Å². The molecule has 1 spiro atoms. The summed E-state index contributed by atoms with van der Waals surface area (Å²) in [5.74, 6) is -6.95. The van der Waals surface area contributed by atoms with Gasteiger partial charge in [-0.1, -0.05) is 36.4 Å². The van der Waals surface area contributed by atoms with Gasteiger partial charge in [-0.3, -0.25) is 29.3 Å². The average Bonchev–Trinajstić information content (AvgIpc) is 3.45. The van der Waals surface area contributed by atoms with Crippen molar-refractivity contribution in [2.45, 2.75) is 11.7 Å². The van der Waals surface area contributed by atoms with E-state index in [0.717, 1.165) is 6.07 Å². The van der Waals surface area contributed by atoms with Crippen molar-refractivity contribution in [1.29, 1.82) is 0 Å². The average molecular weight is 486 g/mol. The number of nitro benzene ring substituents is 1. The van der Waals surface area contributed by atoms with Crippen LogP contribution in [0.15, 0.2) is 72.8 Å². The first-order chi connectivity index (χ1) is 17.3. The van der Waals surface area contributed by atoms with Gasteiger partial charge < -0.3 is 4.74 Å². The number of benzene rings is 3. The second kappa shape index (κ2) is 7.46. The Bertz CT molecular complexity index is 1480. The van der Waals surface area contributed by atoms with E-state index in [1.165, 1.54) is 54.6 Å². The van der Waals surface area contributed by atoms with Crippen molar-refractivity contribution in [2.24, 2.45) is 11.8 Å². The van der Waals surface area contributed by atoms with Gasteiger partial charge in [0.15, 0.2) is 0 Å². The van der Waals surface area contributed by atoms with Crippen LogP contribution in [0, 0.1) is 27.8 Å². The Balaban J connectivity index is 1.54. The number of nitrogens with zero attached hydrogens (tertiary/aromatic N) is 2. The molecule has 2 saturated heterocycles. The Hall–Kier alpha value is -4.57. The number of rotatable bonds is 3. The molecule has 3 aromatic carbocycles. The van der Waals surface area contributed by atoms with Crippen LogP contribution in [0.25, 0.3) is 0 Å². The molecule has 0 saturated carbocycles. The summed E-state index contributed by atoms with van der Waals surface area (Å²) in [7, 11) is 0. The summed E-state index contributed by atoms with van der Waals surface area (Å²) in [6.45, 7) is 0. The van der Waals surface area contributed by atoms with Gasteiger partial charge in [-0.05, 0) is 29.8 Å². The maximum absolute atomic E-state index is 14.7. The fourth-order valence-corrected chi connectivity index (χ4v) is 5.47. The molecule has 0 radical (unpaired) electrons. The van der Waals surface area contributed by atoms with Crippen LogP contribution in [-0.4, -0.2) is 33.9 Å². The second-order valence-corrected chi connectivity index (χ2v) is 8.79. The molecule has 3 aliphatic rings. The molecule has 3 aromatic rings. The van der Waals surface area contributed by atoms with Crippen LogP contribution in [0.4, 0.5) is 15.8 Å². The van der Waals surface area contributed by atoms with Crippen molar-refractivity contribution in [3.05, 3.63) is 105 Å². The van der Waals surface area contributed by atoms with E-state index >= 15 is 0 Å². The summed E-state index contributed by atoms with van der Waals surface area (Å²) in [5.41, 5.74) is -2.43. The van der Waals surface area contributed by atoms with E-state index in [2.05, 4.69) is 0 Å². The Labute approximate surface area is 202 Å². The number of carbonyl (C=O) groups is 4. The molecule has 0 aromatic heterocycles. The van der Waals surface area contributed by atoms with Crippen LogP contribution in [0.1, 0.15) is 32.4 Å². The molecular weight excluding hydrogens is 471 g/mol. The van der Waals surface area contributed by atoms with Gasteiger partial charge in [-0.25, -0.2) is 9.29 Å². The molecule has 0 bridgehead atoms. The van der Waals surface area contributed by atoms with Crippen molar-refractivity contribution in [3.8, 4) is 0 Å². The van der Waals surface area contributed by atoms with Crippen LogP contribution in [0.5, 0.6) is 0 Å². The van der Waals surface area contributed by atoms with Gasteiger partial charge in [0.2, 0.25) is 29.0 Å². The van der Waals surface area contributed by atoms with Crippen LogP contribution < -0.4 is 4.90 Å². The van der Waals surface area contributed by atoms with Crippen molar-refractivity contribution < 1.29 is 33.2 Å². The number of hydrogen-bond acceptors (Lipinski definition) is 7. The van der Waals surface area contributed by atoms with E-state index in [1.54, 1.807) is 12.1 Å². The monoisotopic (exact) mass is 486 g/mol. The molecular formula is C26H15FN2O7. The fourth-order valence-electron chi connectivity index (χ4n) is 5.47. The van der Waals surface area contributed by atoms with Gasteiger partial charge in [-0.15, -0.1) is 0 Å². The molecule has 3 unspecified atom stereocenters. The Kier molecular flexibility index (Phi) is 4.55. The summed E-state index contributed by atoms with van der Waals surface area (Å²) in [5, 5.41) is 11.1. The molecule has 36 heavy (non-hydrogen) atoms. The molecule has 9 nitrogen and oxygen atoms in total. The minimum Gasteiger partial charge on any atom is -0.349 e. The summed E-state index contributed by atoms with van der Waals surface area (Å²) in [6, 6.07) is 16.3. The number of amides is 2. The topological polar surface area (TPSA) is 124 Å². The quantitative estimate of drug-likeness (QED) is 0.240. The van der Waals surface area contributed by atoms with Crippen molar-refractivity contribution in [3.63, 3.8) is 0 Å². The van der Waals surface area contributed by atoms with Gasteiger partial charge in [0.1, 0.15) is 5.82 Å². The number of hydrogen-bond donors (Lipinski definition) is 0. The molecule has 2 amide bonds. The molecule has 0 N–H and O–H groups in total. The fraction of sp³-hybridized carbons (Fsp3) is 0.154. The number of halogens is 1. The van der Waals surface area contributed by atoms with E-state index in [4.69, 9.17) is 4.74 Å². The lowest BCUT2D eigenvalue weighted by molar-refractivity contribution is -0.384. The summed E-state index contributed by atoms with van der Waals surface area (Å²) in [6.07, 6.45) is -1.26. The van der Waals surface area contributed by atoms with Gasteiger partial charge in [0.25, 0.3) is 5.69 Å². The first-order valence-corrected chi connectivity index (χ1v) is 11.0. The van der Waals surface area contributed by atoms with Gasteiger partial charge in [-0.2, -0.15) is 0 Å². The summed E-state index contributed by atoms with van der Waals surface area (Å²) in [4.78, 5) is 65.9. The molecule has 178 valence electrons. The molecule has 6 rings (SSSR count). The number of carbonyl (C=O) groups excluding carboxylic acids is 4. The number of para-hydroxylation sites is 1. The third-order valence-corrected chi connectivity index (χ3v) is 7.04. The normalized spacial score (nSPS) is 23.9. The number of imide groups is 1. The van der Waals surface area contributed by atoms with Gasteiger partial charge >= 0.3 is 0 Å². The number of anilines is 1. The minimum absolute atomic E-state index is 0.0650. The molecule has 3 atom stereocenters. The predicted octanol–water partition coefficient (Wildman–Crippen LogP) is 3.43. The number of ether oxygens (including phenoxy) is 1.